The number of para-hydroxylation sites is 1. The Morgan fingerprint density at radius 1 is 0.368 bits per heavy atom. The van der Waals surface area contributed by atoms with Crippen LogP contribution in [0.5, 0.6) is 0 Å². The van der Waals surface area contributed by atoms with Crippen LogP contribution in [0.1, 0.15) is 0 Å². The largest absolute Gasteiger partial charge is 0.456 e. The summed E-state index contributed by atoms with van der Waals surface area (Å²) in [6.07, 6.45) is 0. The first kappa shape index (κ1) is 32.7. The molecule has 3 heterocycles. The van der Waals surface area contributed by atoms with Crippen LogP contribution in [-0.4, -0.2) is 9.97 Å². The molecule has 11 rings (SSSR count). The minimum atomic E-state index is 0.615. The molecule has 0 amide bonds. The van der Waals surface area contributed by atoms with E-state index >= 15 is 0 Å². The Hall–Kier alpha value is -7.76. The molecule has 0 atom stereocenters. The summed E-state index contributed by atoms with van der Waals surface area (Å²) in [6.45, 7) is 0. The van der Waals surface area contributed by atoms with Crippen LogP contribution < -0.4 is 4.90 Å². The molecule has 268 valence electrons. The number of furan rings is 2. The Morgan fingerprint density at radius 2 is 0.912 bits per heavy atom. The normalized spacial score (nSPS) is 11.5. The van der Waals surface area contributed by atoms with Gasteiger partial charge in [0.25, 0.3) is 0 Å². The van der Waals surface area contributed by atoms with Crippen LogP contribution in [0, 0.1) is 0 Å². The van der Waals surface area contributed by atoms with E-state index in [0.29, 0.717) is 11.4 Å². The predicted octanol–water partition coefficient (Wildman–Crippen LogP) is 14.4. The number of rotatable bonds is 7. The third kappa shape index (κ3) is 5.72. The highest BCUT2D eigenvalue weighted by atomic mass is 16.3. The van der Waals surface area contributed by atoms with E-state index in [1.807, 2.05) is 60.7 Å². The molecule has 0 saturated heterocycles. The van der Waals surface area contributed by atoms with Gasteiger partial charge in [0.15, 0.2) is 11.4 Å². The standard InChI is InChI=1S/C52H33N3O2/c1-4-13-34(14-5-1)36-23-27-39(28-24-36)55(40-29-25-37(26-30-40)35-15-6-2-7-16-35)41-31-32-42-47(33-41)56-46-22-12-20-44(48(42)46)52-53-49(38-17-8-3-9-18-38)51-50(54-52)43-19-10-11-21-45(43)57-51/h1-33H. The molecular formula is C52H33N3O2. The lowest BCUT2D eigenvalue weighted by molar-refractivity contribution is 0.667. The lowest BCUT2D eigenvalue weighted by Crippen LogP contribution is -2.09. The second-order valence-electron chi connectivity index (χ2n) is 14.2. The fourth-order valence-corrected chi connectivity index (χ4v) is 7.96. The van der Waals surface area contributed by atoms with Gasteiger partial charge >= 0.3 is 0 Å². The summed E-state index contributed by atoms with van der Waals surface area (Å²) in [7, 11) is 0. The first-order chi connectivity index (χ1) is 28.2. The molecular weight excluding hydrogens is 699 g/mol. The number of hydrogen-bond donors (Lipinski definition) is 0. The van der Waals surface area contributed by atoms with Crippen LogP contribution in [0.2, 0.25) is 0 Å². The monoisotopic (exact) mass is 731 g/mol. The van der Waals surface area contributed by atoms with Crippen LogP contribution in [-0.2, 0) is 0 Å². The lowest BCUT2D eigenvalue weighted by Gasteiger charge is -2.26. The smallest absolute Gasteiger partial charge is 0.180 e. The Bertz CT molecular complexity index is 3130. The summed E-state index contributed by atoms with van der Waals surface area (Å²) in [5, 5.41) is 2.91. The van der Waals surface area contributed by atoms with Gasteiger partial charge in [-0.2, -0.15) is 0 Å². The van der Waals surface area contributed by atoms with Crippen molar-refractivity contribution in [2.24, 2.45) is 0 Å². The summed E-state index contributed by atoms with van der Waals surface area (Å²) in [5.74, 6) is 0.615. The molecule has 0 unspecified atom stereocenters. The van der Waals surface area contributed by atoms with E-state index in [0.717, 1.165) is 72.3 Å². The molecule has 11 aromatic rings. The number of nitrogens with zero attached hydrogens (tertiary/aromatic N) is 3. The average Bonchev–Trinajstić information content (AvgIpc) is 3.86. The van der Waals surface area contributed by atoms with E-state index in [2.05, 4.69) is 144 Å². The van der Waals surface area contributed by atoms with Crippen molar-refractivity contribution in [1.82, 2.24) is 9.97 Å². The second kappa shape index (κ2) is 13.5. The van der Waals surface area contributed by atoms with E-state index in [-0.39, 0.29) is 0 Å². The molecule has 0 aliphatic rings. The van der Waals surface area contributed by atoms with Crippen molar-refractivity contribution in [2.75, 3.05) is 4.90 Å². The van der Waals surface area contributed by atoms with Crippen LogP contribution in [0.15, 0.2) is 209 Å². The number of anilines is 3. The van der Waals surface area contributed by atoms with Gasteiger partial charge in [-0.05, 0) is 76.9 Å². The molecule has 3 aromatic heterocycles. The third-order valence-electron chi connectivity index (χ3n) is 10.7. The second-order valence-corrected chi connectivity index (χ2v) is 14.2. The molecule has 5 nitrogen and oxygen atoms in total. The Balaban J connectivity index is 1.06. The molecule has 0 aliphatic carbocycles. The van der Waals surface area contributed by atoms with E-state index in [4.69, 9.17) is 18.8 Å². The maximum absolute atomic E-state index is 6.69. The van der Waals surface area contributed by atoms with Crippen LogP contribution in [0.4, 0.5) is 17.1 Å². The Kier molecular flexibility index (Phi) is 7.74. The zero-order valence-electron chi connectivity index (χ0n) is 30.7. The van der Waals surface area contributed by atoms with Gasteiger partial charge in [0.05, 0.1) is 0 Å². The maximum atomic E-state index is 6.69. The maximum Gasteiger partial charge on any atom is 0.180 e. The van der Waals surface area contributed by atoms with Crippen LogP contribution in [0.25, 0.3) is 88.9 Å². The van der Waals surface area contributed by atoms with Gasteiger partial charge in [0.2, 0.25) is 0 Å². The van der Waals surface area contributed by atoms with Crippen molar-refractivity contribution in [2.45, 2.75) is 0 Å². The molecule has 57 heavy (non-hydrogen) atoms. The SMILES string of the molecule is c1ccc(-c2ccc(N(c3ccc(-c4ccccc4)cc3)c3ccc4c(c3)oc3cccc(-c5nc(-c6ccccc6)c6oc7ccccc7c6n5)c34)cc2)cc1. The molecule has 0 saturated carbocycles. The summed E-state index contributed by atoms with van der Waals surface area (Å²) in [6, 6.07) is 69.2. The number of fused-ring (bicyclic) bond motifs is 6. The summed E-state index contributed by atoms with van der Waals surface area (Å²) < 4.78 is 13.1. The van der Waals surface area contributed by atoms with E-state index < -0.39 is 0 Å². The Morgan fingerprint density at radius 3 is 1.56 bits per heavy atom. The first-order valence-electron chi connectivity index (χ1n) is 19.1. The van der Waals surface area contributed by atoms with E-state index in [1.54, 1.807) is 0 Å². The number of aromatic nitrogens is 2. The van der Waals surface area contributed by atoms with E-state index in [1.165, 1.54) is 22.3 Å². The minimum Gasteiger partial charge on any atom is -0.456 e. The van der Waals surface area contributed by atoms with Crippen molar-refractivity contribution in [1.29, 1.82) is 0 Å². The molecule has 0 radical (unpaired) electrons. The Labute approximate surface area is 328 Å². The lowest BCUT2D eigenvalue weighted by atomic mass is 10.0. The van der Waals surface area contributed by atoms with Gasteiger partial charge in [-0.15, -0.1) is 0 Å². The van der Waals surface area contributed by atoms with Crippen LogP contribution >= 0.6 is 0 Å². The third-order valence-corrected chi connectivity index (χ3v) is 10.7. The molecule has 0 bridgehead atoms. The van der Waals surface area contributed by atoms with Crippen molar-refractivity contribution < 1.29 is 8.83 Å². The molecule has 0 aliphatic heterocycles. The van der Waals surface area contributed by atoms with Crippen molar-refractivity contribution in [3.63, 3.8) is 0 Å². The fourth-order valence-electron chi connectivity index (χ4n) is 7.96. The van der Waals surface area contributed by atoms with Gasteiger partial charge < -0.3 is 13.7 Å². The van der Waals surface area contributed by atoms with Crippen LogP contribution in [0.3, 0.4) is 0 Å². The van der Waals surface area contributed by atoms with Crippen molar-refractivity contribution in [3.8, 4) is 44.9 Å². The van der Waals surface area contributed by atoms with Crippen molar-refractivity contribution >= 4 is 61.1 Å². The highest BCUT2D eigenvalue weighted by molar-refractivity contribution is 6.14. The van der Waals surface area contributed by atoms with Gasteiger partial charge in [0.1, 0.15) is 28.0 Å². The summed E-state index contributed by atoms with van der Waals surface area (Å²) in [4.78, 5) is 12.7. The zero-order valence-corrected chi connectivity index (χ0v) is 30.7. The predicted molar refractivity (Wildman–Crippen MR) is 233 cm³/mol. The molecule has 8 aromatic carbocycles. The van der Waals surface area contributed by atoms with Gasteiger partial charge in [-0.3, -0.25) is 0 Å². The van der Waals surface area contributed by atoms with E-state index in [9.17, 15) is 0 Å². The first-order valence-corrected chi connectivity index (χ1v) is 19.1. The van der Waals surface area contributed by atoms with Gasteiger partial charge in [-0.1, -0.05) is 140 Å². The highest BCUT2D eigenvalue weighted by Crippen LogP contribution is 2.43. The van der Waals surface area contributed by atoms with Crippen molar-refractivity contribution in [3.05, 3.63) is 200 Å². The van der Waals surface area contributed by atoms with Gasteiger partial charge in [0, 0.05) is 50.4 Å². The zero-order chi connectivity index (χ0) is 37.7. The highest BCUT2D eigenvalue weighted by Gasteiger charge is 2.22. The fraction of sp³-hybridized carbons (Fsp3) is 0. The molecule has 0 fully saturated rings. The molecule has 0 spiro atoms. The average molecular weight is 732 g/mol. The summed E-state index contributed by atoms with van der Waals surface area (Å²) >= 11 is 0. The quantitative estimate of drug-likeness (QED) is 0.163. The number of benzene rings is 8. The number of hydrogen-bond acceptors (Lipinski definition) is 5. The molecule has 0 N–H and O–H groups in total. The molecule has 5 heteroatoms. The van der Waals surface area contributed by atoms with Gasteiger partial charge in [-0.25, -0.2) is 9.97 Å². The minimum absolute atomic E-state index is 0.615. The topological polar surface area (TPSA) is 55.3 Å². The summed E-state index contributed by atoms with van der Waals surface area (Å²) in [5.41, 5.74) is 14.2.